The highest BCUT2D eigenvalue weighted by atomic mass is 79.9. The van der Waals surface area contributed by atoms with Crippen molar-refractivity contribution in [1.82, 2.24) is 15.3 Å². The number of nitrogens with zero attached hydrogens (tertiary/aromatic N) is 3. The molecule has 0 atom stereocenters. The summed E-state index contributed by atoms with van der Waals surface area (Å²) in [5.74, 6) is 0.778. The Morgan fingerprint density at radius 1 is 1.35 bits per heavy atom. The molecule has 1 aliphatic rings. The van der Waals surface area contributed by atoms with Crippen molar-refractivity contribution in [1.29, 1.82) is 0 Å². The fourth-order valence-corrected chi connectivity index (χ4v) is 4.27. The lowest BCUT2D eigenvalue weighted by Gasteiger charge is -2.12. The van der Waals surface area contributed by atoms with Crippen molar-refractivity contribution < 1.29 is 0 Å². The quantitative estimate of drug-likeness (QED) is 0.532. The number of thiophene rings is 1. The number of aromatic nitrogens is 2. The lowest BCUT2D eigenvalue weighted by atomic mass is 10.1. The summed E-state index contributed by atoms with van der Waals surface area (Å²) in [7, 11) is 0. The van der Waals surface area contributed by atoms with Crippen molar-refractivity contribution in [3.63, 3.8) is 0 Å². The molecule has 0 radical (unpaired) electrons. The number of rotatable bonds is 3. The van der Waals surface area contributed by atoms with Crippen LogP contribution in [-0.2, 0) is 13.0 Å². The summed E-state index contributed by atoms with van der Waals surface area (Å²) in [6.07, 6.45) is 4.39. The average Bonchev–Trinajstić information content (AvgIpc) is 2.94. The standard InChI is InChI=1S/C16H14BrN5S/c17-11-3-1-2-10(6-11)7-21-22-15-14-12-4-5-18-8-13(12)23-16(14)20-9-19-15/h1-3,6-7,9,18H,4-5,8H2,(H,19,20,22)/b21-7+. The number of hydrazone groups is 1. The van der Waals surface area contributed by atoms with Gasteiger partial charge < -0.3 is 5.32 Å². The molecule has 0 aliphatic carbocycles. The minimum atomic E-state index is 0.778. The number of halogens is 1. The molecule has 1 aromatic carbocycles. The Morgan fingerprint density at radius 3 is 3.22 bits per heavy atom. The van der Waals surface area contributed by atoms with E-state index in [2.05, 4.69) is 41.7 Å². The highest BCUT2D eigenvalue weighted by Crippen LogP contribution is 2.35. The predicted octanol–water partition coefficient (Wildman–Crippen LogP) is 3.55. The number of anilines is 1. The maximum atomic E-state index is 4.41. The second-order valence-electron chi connectivity index (χ2n) is 5.26. The molecule has 3 aromatic rings. The van der Waals surface area contributed by atoms with Gasteiger partial charge >= 0.3 is 0 Å². The Bertz CT molecular complexity index is 889. The summed E-state index contributed by atoms with van der Waals surface area (Å²) in [4.78, 5) is 11.2. The first-order valence-corrected chi connectivity index (χ1v) is 8.93. The van der Waals surface area contributed by atoms with Crippen LogP contribution in [0.1, 0.15) is 16.0 Å². The SMILES string of the molecule is Brc1cccc(/C=N/Nc2ncnc3sc4c(c23)CCNC4)c1. The Balaban J connectivity index is 1.65. The third-order valence-corrected chi connectivity index (χ3v) is 5.37. The molecular weight excluding hydrogens is 374 g/mol. The van der Waals surface area contributed by atoms with Gasteiger partial charge in [-0.1, -0.05) is 28.1 Å². The molecule has 0 bridgehead atoms. The minimum absolute atomic E-state index is 0.778. The van der Waals surface area contributed by atoms with Crippen LogP contribution >= 0.6 is 27.3 Å². The number of hydrogen-bond donors (Lipinski definition) is 2. The van der Waals surface area contributed by atoms with Crippen LogP contribution in [0.3, 0.4) is 0 Å². The lowest BCUT2D eigenvalue weighted by molar-refractivity contribution is 0.657. The molecule has 116 valence electrons. The zero-order valence-corrected chi connectivity index (χ0v) is 14.6. The van der Waals surface area contributed by atoms with Gasteiger partial charge in [-0.15, -0.1) is 11.3 Å². The van der Waals surface area contributed by atoms with E-state index in [0.717, 1.165) is 45.6 Å². The van der Waals surface area contributed by atoms with Gasteiger partial charge in [-0.25, -0.2) is 9.97 Å². The van der Waals surface area contributed by atoms with Crippen LogP contribution in [0, 0.1) is 0 Å². The van der Waals surface area contributed by atoms with Gasteiger partial charge in [0.1, 0.15) is 11.2 Å². The maximum Gasteiger partial charge on any atom is 0.158 e. The lowest BCUT2D eigenvalue weighted by Crippen LogP contribution is -2.22. The number of benzene rings is 1. The first kappa shape index (κ1) is 14.7. The van der Waals surface area contributed by atoms with Gasteiger partial charge in [-0.2, -0.15) is 5.10 Å². The van der Waals surface area contributed by atoms with E-state index in [1.807, 2.05) is 24.3 Å². The number of nitrogens with one attached hydrogen (secondary N) is 2. The first-order valence-electron chi connectivity index (χ1n) is 7.32. The van der Waals surface area contributed by atoms with Gasteiger partial charge in [0.25, 0.3) is 0 Å². The largest absolute Gasteiger partial charge is 0.312 e. The normalized spacial score (nSPS) is 14.3. The van der Waals surface area contributed by atoms with E-state index in [-0.39, 0.29) is 0 Å². The van der Waals surface area contributed by atoms with Crippen molar-refractivity contribution in [2.45, 2.75) is 13.0 Å². The van der Waals surface area contributed by atoms with Crippen LogP contribution in [0.2, 0.25) is 0 Å². The van der Waals surface area contributed by atoms with E-state index < -0.39 is 0 Å². The van der Waals surface area contributed by atoms with Gasteiger partial charge in [-0.05, 0) is 36.2 Å². The van der Waals surface area contributed by atoms with Crippen LogP contribution < -0.4 is 10.7 Å². The monoisotopic (exact) mass is 387 g/mol. The molecule has 0 unspecified atom stereocenters. The zero-order valence-electron chi connectivity index (χ0n) is 12.2. The van der Waals surface area contributed by atoms with Crippen molar-refractivity contribution in [2.75, 3.05) is 12.0 Å². The molecule has 0 amide bonds. The molecule has 1 aliphatic heterocycles. The van der Waals surface area contributed by atoms with Crippen molar-refractivity contribution >= 4 is 49.5 Å². The fourth-order valence-electron chi connectivity index (χ4n) is 2.70. The third-order valence-electron chi connectivity index (χ3n) is 3.74. The van der Waals surface area contributed by atoms with E-state index in [4.69, 9.17) is 0 Å². The Kier molecular flexibility index (Phi) is 4.07. The highest BCUT2D eigenvalue weighted by molar-refractivity contribution is 9.10. The van der Waals surface area contributed by atoms with Crippen molar-refractivity contribution in [3.05, 3.63) is 51.1 Å². The third kappa shape index (κ3) is 2.99. The summed E-state index contributed by atoms with van der Waals surface area (Å²) in [5.41, 5.74) is 5.45. The minimum Gasteiger partial charge on any atom is -0.312 e. The summed E-state index contributed by atoms with van der Waals surface area (Å²) in [6, 6.07) is 7.99. The summed E-state index contributed by atoms with van der Waals surface area (Å²) >= 11 is 5.19. The molecule has 4 rings (SSSR count). The van der Waals surface area contributed by atoms with Gasteiger partial charge in [0.2, 0.25) is 0 Å². The highest BCUT2D eigenvalue weighted by Gasteiger charge is 2.19. The Hall–Kier alpha value is -1.83. The van der Waals surface area contributed by atoms with Crippen LogP contribution in [-0.4, -0.2) is 22.7 Å². The van der Waals surface area contributed by atoms with Crippen molar-refractivity contribution in [3.8, 4) is 0 Å². The molecule has 2 N–H and O–H groups in total. The molecule has 23 heavy (non-hydrogen) atoms. The van der Waals surface area contributed by atoms with Crippen LogP contribution in [0.4, 0.5) is 5.82 Å². The van der Waals surface area contributed by atoms with Gasteiger partial charge in [0, 0.05) is 15.9 Å². The molecule has 0 saturated heterocycles. The second-order valence-corrected chi connectivity index (χ2v) is 7.26. The van der Waals surface area contributed by atoms with Crippen LogP contribution in [0.5, 0.6) is 0 Å². The van der Waals surface area contributed by atoms with Gasteiger partial charge in [0.15, 0.2) is 5.82 Å². The zero-order chi connectivity index (χ0) is 15.6. The van der Waals surface area contributed by atoms with Crippen molar-refractivity contribution in [2.24, 2.45) is 5.10 Å². The molecule has 0 fully saturated rings. The molecule has 2 aromatic heterocycles. The van der Waals surface area contributed by atoms with E-state index in [0.29, 0.717) is 0 Å². The Morgan fingerprint density at radius 2 is 2.30 bits per heavy atom. The maximum absolute atomic E-state index is 4.41. The van der Waals surface area contributed by atoms with Gasteiger partial charge in [0.05, 0.1) is 11.6 Å². The molecular formula is C16H14BrN5S. The van der Waals surface area contributed by atoms with Crippen LogP contribution in [0.25, 0.3) is 10.2 Å². The summed E-state index contributed by atoms with van der Waals surface area (Å²) < 4.78 is 1.03. The molecule has 5 nitrogen and oxygen atoms in total. The fraction of sp³-hybridized carbons (Fsp3) is 0.188. The predicted molar refractivity (Wildman–Crippen MR) is 98.2 cm³/mol. The number of fused-ring (bicyclic) bond motifs is 3. The summed E-state index contributed by atoms with van der Waals surface area (Å²) in [6.45, 7) is 1.91. The van der Waals surface area contributed by atoms with Gasteiger partial charge in [-0.3, -0.25) is 5.43 Å². The van der Waals surface area contributed by atoms with E-state index >= 15 is 0 Å². The summed E-state index contributed by atoms with van der Waals surface area (Å²) in [5, 5.41) is 8.85. The first-order chi connectivity index (χ1) is 11.3. The van der Waals surface area contributed by atoms with E-state index in [1.54, 1.807) is 23.9 Å². The Labute approximate surface area is 146 Å². The number of hydrogen-bond acceptors (Lipinski definition) is 6. The van der Waals surface area contributed by atoms with E-state index in [1.165, 1.54) is 10.4 Å². The smallest absolute Gasteiger partial charge is 0.158 e. The van der Waals surface area contributed by atoms with Crippen LogP contribution in [0.15, 0.2) is 40.2 Å². The van der Waals surface area contributed by atoms with E-state index in [9.17, 15) is 0 Å². The average molecular weight is 388 g/mol. The molecule has 0 spiro atoms. The molecule has 0 saturated carbocycles. The second kappa shape index (κ2) is 6.35. The molecule has 7 heteroatoms. The topological polar surface area (TPSA) is 62.2 Å². The molecule has 3 heterocycles.